The number of benzene rings is 3. The fourth-order valence-electron chi connectivity index (χ4n) is 5.76. The van der Waals surface area contributed by atoms with Gasteiger partial charge in [0, 0.05) is 29.0 Å². The van der Waals surface area contributed by atoms with Gasteiger partial charge in [0.25, 0.3) is 0 Å². The molecule has 11 nitrogen and oxygen atoms in total. The van der Waals surface area contributed by atoms with Crippen molar-refractivity contribution in [1.82, 2.24) is 13.9 Å². The van der Waals surface area contributed by atoms with Crippen molar-refractivity contribution in [2.45, 2.75) is 67.1 Å². The number of aromatic nitrogens is 2. The lowest BCUT2D eigenvalue weighted by Crippen LogP contribution is -2.45. The molecule has 0 aliphatic heterocycles. The lowest BCUT2D eigenvalue weighted by atomic mass is 9.81. The van der Waals surface area contributed by atoms with Crippen molar-refractivity contribution in [3.63, 3.8) is 0 Å². The van der Waals surface area contributed by atoms with Crippen LogP contribution in [-0.4, -0.2) is 97.4 Å². The van der Waals surface area contributed by atoms with Gasteiger partial charge >= 0.3 is 12.1 Å². The molecule has 0 saturated carbocycles. The Morgan fingerprint density at radius 2 is 1.60 bits per heavy atom. The van der Waals surface area contributed by atoms with Gasteiger partial charge in [0.05, 0.1) is 56.6 Å². The Bertz CT molecular complexity index is 2170. The van der Waals surface area contributed by atoms with Crippen LogP contribution in [-0.2, 0) is 30.8 Å². The summed E-state index contributed by atoms with van der Waals surface area (Å²) in [6.45, 7) is 5.78. The van der Waals surface area contributed by atoms with E-state index in [9.17, 15) is 35.9 Å². The molecule has 0 spiro atoms. The average molecular weight is 881 g/mol. The summed E-state index contributed by atoms with van der Waals surface area (Å²) in [6.07, 6.45) is -3.11. The summed E-state index contributed by atoms with van der Waals surface area (Å²) in [7, 11) is 2.73. The molecule has 1 N–H and O–H groups in total. The first kappa shape index (κ1) is 48.1. The van der Waals surface area contributed by atoms with Gasteiger partial charge in [-0.2, -0.15) is 17.5 Å². The number of nitrogens with zero attached hydrogens (tertiary/aromatic N) is 4. The maximum absolute atomic E-state index is 15.6. The number of rotatable bonds is 16. The maximum Gasteiger partial charge on any atom is 0.430 e. The highest BCUT2D eigenvalue weighted by Crippen LogP contribution is 2.39. The van der Waals surface area contributed by atoms with Crippen molar-refractivity contribution in [3.05, 3.63) is 100 Å². The van der Waals surface area contributed by atoms with Crippen LogP contribution in [0.4, 0.5) is 26.3 Å². The monoisotopic (exact) mass is 880 g/mol. The van der Waals surface area contributed by atoms with Crippen LogP contribution in [0.5, 0.6) is 5.75 Å². The van der Waals surface area contributed by atoms with E-state index in [4.69, 9.17) is 26.2 Å². The number of carboxylic acid groups (broad SMARTS) is 2. The number of aliphatic carboxylic acids is 2. The summed E-state index contributed by atoms with van der Waals surface area (Å²) >= 11 is 7.28. The van der Waals surface area contributed by atoms with Crippen molar-refractivity contribution in [3.8, 4) is 11.4 Å². The Morgan fingerprint density at radius 3 is 2.09 bits per heavy atom. The minimum atomic E-state index is -5.19. The number of quaternary nitrogens is 1. The van der Waals surface area contributed by atoms with Crippen LogP contribution in [0.25, 0.3) is 5.69 Å². The minimum absolute atomic E-state index is 0.0304. The molecule has 0 amide bonds. The molecule has 4 aromatic rings. The molecule has 0 bridgehead atoms. The molecule has 0 saturated heterocycles. The van der Waals surface area contributed by atoms with E-state index >= 15 is 8.78 Å². The van der Waals surface area contributed by atoms with Gasteiger partial charge < -0.3 is 24.2 Å². The molecule has 0 fully saturated rings. The minimum Gasteiger partial charge on any atom is -0.542 e. The van der Waals surface area contributed by atoms with E-state index in [0.717, 1.165) is 33.8 Å². The summed E-state index contributed by atoms with van der Waals surface area (Å²) in [5, 5.41) is 19.5. The topological polar surface area (TPSA) is 142 Å². The summed E-state index contributed by atoms with van der Waals surface area (Å²) in [5.41, 5.74) is 0.957. The summed E-state index contributed by atoms with van der Waals surface area (Å²) in [6, 6.07) is 11.1. The number of ether oxygens (including phenoxy) is 1. The zero-order chi connectivity index (χ0) is 44.0. The second-order valence-electron chi connectivity index (χ2n) is 14.4. The van der Waals surface area contributed by atoms with Gasteiger partial charge in [-0.05, 0) is 66.9 Å². The van der Waals surface area contributed by atoms with Gasteiger partial charge in [0.15, 0.2) is 5.16 Å². The van der Waals surface area contributed by atoms with Crippen molar-refractivity contribution in [2.24, 2.45) is 0 Å². The Kier molecular flexibility index (Phi) is 15.9. The van der Waals surface area contributed by atoms with Crippen molar-refractivity contribution in [2.75, 3.05) is 41.3 Å². The zero-order valence-electron chi connectivity index (χ0n) is 32.5. The predicted molar refractivity (Wildman–Crippen MR) is 204 cm³/mol. The van der Waals surface area contributed by atoms with Gasteiger partial charge in [0.1, 0.15) is 35.2 Å². The molecule has 0 aliphatic rings. The van der Waals surface area contributed by atoms with Crippen LogP contribution in [0, 0.1) is 17.5 Å². The Hall–Kier alpha value is -4.30. The second kappa shape index (κ2) is 19.2. The summed E-state index contributed by atoms with van der Waals surface area (Å²) < 4.78 is 113. The highest BCUT2D eigenvalue weighted by molar-refractivity contribution is 7.98. The molecule has 0 unspecified atom stereocenters. The number of carbonyl (C=O) groups is 2. The number of likely N-dealkylation sites (N-methyl/N-ethyl adjacent to an activating group) is 1. The number of imidazole rings is 1. The molecule has 20 heteroatoms. The molecule has 1 heterocycles. The largest absolute Gasteiger partial charge is 0.542 e. The molecule has 1 aromatic heterocycles. The highest BCUT2D eigenvalue weighted by atomic mass is 35.5. The van der Waals surface area contributed by atoms with Gasteiger partial charge in [-0.15, -0.1) is 0 Å². The molecular weight excluding hydrogens is 838 g/mol. The smallest absolute Gasteiger partial charge is 0.430 e. The number of alkyl halides is 3. The lowest BCUT2D eigenvalue weighted by molar-refractivity contribution is -0.870. The molecule has 318 valence electrons. The molecule has 1 atom stereocenters. The van der Waals surface area contributed by atoms with Crippen LogP contribution >= 0.6 is 23.4 Å². The molecular formula is C38H43ClF6N4O7S2. The first-order valence-corrected chi connectivity index (χ1v) is 20.2. The van der Waals surface area contributed by atoms with Gasteiger partial charge in [0.2, 0.25) is 10.0 Å². The van der Waals surface area contributed by atoms with Crippen molar-refractivity contribution in [1.29, 1.82) is 0 Å². The van der Waals surface area contributed by atoms with Crippen molar-refractivity contribution >= 4 is 45.3 Å². The highest BCUT2D eigenvalue weighted by Gasteiger charge is 2.36. The van der Waals surface area contributed by atoms with Crippen LogP contribution < -0.4 is 9.84 Å². The maximum atomic E-state index is 15.6. The van der Waals surface area contributed by atoms with Crippen LogP contribution in [0.2, 0.25) is 5.02 Å². The van der Waals surface area contributed by atoms with Crippen LogP contribution in [0.3, 0.4) is 0 Å². The molecule has 0 radical (unpaired) electrons. The first-order valence-electron chi connectivity index (χ1n) is 17.4. The number of methoxy groups -OCH3 is 1. The number of halogens is 7. The average Bonchev–Trinajstić information content (AvgIpc) is 3.55. The number of hydrogen-bond acceptors (Lipinski definition) is 8. The third-order valence-electron chi connectivity index (χ3n) is 8.88. The Morgan fingerprint density at radius 1 is 1.03 bits per heavy atom. The fourth-order valence-corrected chi connectivity index (χ4v) is 8.61. The molecule has 58 heavy (non-hydrogen) atoms. The van der Waals surface area contributed by atoms with Gasteiger partial charge in [-0.1, -0.05) is 50.2 Å². The third-order valence-corrected chi connectivity index (χ3v) is 12.1. The Labute approximate surface area is 341 Å². The second-order valence-corrected chi connectivity index (χ2v) is 17.6. The predicted octanol–water partition coefficient (Wildman–Crippen LogP) is 6.82. The number of carboxylic acids is 2. The normalized spacial score (nSPS) is 12.9. The number of carbonyl (C=O) groups excluding carboxylic acids is 1. The molecule has 4 rings (SSSR count). The van der Waals surface area contributed by atoms with E-state index in [2.05, 4.69) is 4.98 Å². The first-order chi connectivity index (χ1) is 26.8. The van der Waals surface area contributed by atoms with Gasteiger partial charge in [-0.25, -0.2) is 26.6 Å². The Balaban J connectivity index is 0.00000117. The van der Waals surface area contributed by atoms with E-state index in [1.165, 1.54) is 26.2 Å². The number of thioether (sulfide) groups is 1. The van der Waals surface area contributed by atoms with Crippen LogP contribution in [0.1, 0.15) is 50.4 Å². The van der Waals surface area contributed by atoms with Crippen LogP contribution in [0.15, 0.2) is 70.8 Å². The standard InChI is InChI=1S/C36H42ClF3N4O5S2.C2HF3O2/c1-8-42(31(34(45)46)10-9-17-44(4,5)6)51(47,48)26-19-29(39)27(30(40)20-26)22-50-35-41-21-33(43(35)25-14-12-24(38)13-15-25)36(2,3)23-11-16-28(37)32(18-23)49-7;3-2(4,5)1(6)7/h11-16,18-21,31H,8-10,17,22H2,1-7H3;(H,6,7)/t31-;/m0./s1. The number of hydrogen-bond donors (Lipinski definition) is 1. The summed E-state index contributed by atoms with van der Waals surface area (Å²) in [4.78, 5) is 24.9. The lowest BCUT2D eigenvalue weighted by Gasteiger charge is -2.29. The van der Waals surface area contributed by atoms with Crippen molar-refractivity contribution < 1.29 is 63.8 Å². The van der Waals surface area contributed by atoms with E-state index in [1.807, 2.05) is 41.1 Å². The van der Waals surface area contributed by atoms with Gasteiger partial charge in [-0.3, -0.25) is 9.36 Å². The quantitative estimate of drug-likeness (QED) is 0.0730. The fraction of sp³-hybridized carbons (Fsp3) is 0.395. The van der Waals surface area contributed by atoms with E-state index < -0.39 is 67.5 Å². The van der Waals surface area contributed by atoms with E-state index in [0.29, 0.717) is 44.8 Å². The number of sulfonamides is 1. The SMILES string of the molecule is CCN([C@@H](CCC[N+](C)(C)C)C(=O)O)S(=O)(=O)c1cc(F)c(CSc2ncc(C(C)(C)c3ccc(Cl)c(OC)c3)n2-c2ccc(F)cc2)c(F)c1.O=C([O-])C(F)(F)F. The third kappa shape index (κ3) is 11.9. The summed E-state index contributed by atoms with van der Waals surface area (Å²) in [5.74, 6) is -6.81. The van der Waals surface area contributed by atoms with E-state index in [-0.39, 0.29) is 18.7 Å². The zero-order valence-corrected chi connectivity index (χ0v) is 34.9. The van der Waals surface area contributed by atoms with E-state index in [1.54, 1.807) is 35.0 Å². The molecule has 3 aromatic carbocycles. The molecule has 0 aliphatic carbocycles.